The second kappa shape index (κ2) is 4.89. The van der Waals surface area contributed by atoms with E-state index in [0.29, 0.717) is 24.0 Å². The van der Waals surface area contributed by atoms with Gasteiger partial charge in [-0.05, 0) is 49.4 Å². The molecule has 0 saturated heterocycles. The van der Waals surface area contributed by atoms with E-state index in [1.54, 1.807) is 13.0 Å². The van der Waals surface area contributed by atoms with Gasteiger partial charge in [0.2, 0.25) is 0 Å². The fourth-order valence-corrected chi connectivity index (χ4v) is 2.04. The van der Waals surface area contributed by atoms with Crippen LogP contribution in [0.25, 0.3) is 0 Å². The first-order chi connectivity index (χ1) is 6.57. The Morgan fingerprint density at radius 2 is 2.07 bits per heavy atom. The standard InChI is InChI=1S/C11H14BrFO/c1-7-6-10(12)8(2)9(11(7)13)4-3-5-14/h6,14H,3-5H2,1-2H3. The quantitative estimate of drug-likeness (QED) is 0.886. The maximum absolute atomic E-state index is 13.7. The van der Waals surface area contributed by atoms with Crippen molar-refractivity contribution >= 4 is 15.9 Å². The minimum atomic E-state index is -0.140. The molecule has 1 N–H and O–H groups in total. The van der Waals surface area contributed by atoms with Gasteiger partial charge in [-0.25, -0.2) is 4.39 Å². The summed E-state index contributed by atoms with van der Waals surface area (Å²) in [7, 11) is 0. The summed E-state index contributed by atoms with van der Waals surface area (Å²) in [6, 6.07) is 1.78. The van der Waals surface area contributed by atoms with Gasteiger partial charge in [-0.1, -0.05) is 15.9 Å². The molecule has 0 fully saturated rings. The van der Waals surface area contributed by atoms with Crippen LogP contribution < -0.4 is 0 Å². The molecule has 0 aliphatic heterocycles. The van der Waals surface area contributed by atoms with E-state index >= 15 is 0 Å². The van der Waals surface area contributed by atoms with Gasteiger partial charge in [0.15, 0.2) is 0 Å². The van der Waals surface area contributed by atoms with Crippen LogP contribution >= 0.6 is 15.9 Å². The van der Waals surface area contributed by atoms with Gasteiger partial charge in [0.25, 0.3) is 0 Å². The highest BCUT2D eigenvalue weighted by Gasteiger charge is 2.11. The third-order valence-corrected chi connectivity index (χ3v) is 3.17. The van der Waals surface area contributed by atoms with E-state index in [2.05, 4.69) is 15.9 Å². The molecule has 0 unspecified atom stereocenters. The number of rotatable bonds is 3. The Morgan fingerprint density at radius 1 is 1.43 bits per heavy atom. The molecule has 78 valence electrons. The Kier molecular flexibility index (Phi) is 4.08. The predicted molar refractivity (Wildman–Crippen MR) is 59.0 cm³/mol. The van der Waals surface area contributed by atoms with Crippen molar-refractivity contribution in [3.05, 3.63) is 33.0 Å². The fourth-order valence-electron chi connectivity index (χ4n) is 1.46. The van der Waals surface area contributed by atoms with E-state index in [4.69, 9.17) is 5.11 Å². The van der Waals surface area contributed by atoms with Crippen molar-refractivity contribution in [2.24, 2.45) is 0 Å². The number of aliphatic hydroxyl groups excluding tert-OH is 1. The minimum Gasteiger partial charge on any atom is -0.396 e. The first kappa shape index (κ1) is 11.7. The Hall–Kier alpha value is -0.410. The van der Waals surface area contributed by atoms with Crippen molar-refractivity contribution in [3.8, 4) is 0 Å². The van der Waals surface area contributed by atoms with Crippen LogP contribution in [0.1, 0.15) is 23.1 Å². The second-order valence-corrected chi connectivity index (χ2v) is 4.27. The summed E-state index contributed by atoms with van der Waals surface area (Å²) in [5.41, 5.74) is 2.29. The smallest absolute Gasteiger partial charge is 0.129 e. The average Bonchev–Trinajstić information content (AvgIpc) is 2.15. The number of aliphatic hydroxyl groups is 1. The van der Waals surface area contributed by atoms with Crippen LogP contribution in [0.4, 0.5) is 4.39 Å². The molecule has 0 saturated carbocycles. The lowest BCUT2D eigenvalue weighted by Gasteiger charge is -2.10. The molecule has 0 aromatic heterocycles. The molecule has 0 spiro atoms. The Morgan fingerprint density at radius 3 is 2.64 bits per heavy atom. The van der Waals surface area contributed by atoms with E-state index in [0.717, 1.165) is 10.0 Å². The molecule has 3 heteroatoms. The SMILES string of the molecule is Cc1cc(Br)c(C)c(CCCO)c1F. The molecular weight excluding hydrogens is 247 g/mol. The largest absolute Gasteiger partial charge is 0.396 e. The lowest BCUT2D eigenvalue weighted by molar-refractivity contribution is 0.288. The molecule has 0 heterocycles. The third-order valence-electron chi connectivity index (χ3n) is 2.35. The summed E-state index contributed by atoms with van der Waals surface area (Å²) in [4.78, 5) is 0. The summed E-state index contributed by atoms with van der Waals surface area (Å²) in [5.74, 6) is -0.140. The summed E-state index contributed by atoms with van der Waals surface area (Å²) >= 11 is 3.39. The fraction of sp³-hybridized carbons (Fsp3) is 0.455. The van der Waals surface area contributed by atoms with Gasteiger partial charge in [0.05, 0.1) is 0 Å². The molecule has 1 aromatic carbocycles. The van der Waals surface area contributed by atoms with Crippen molar-refractivity contribution in [1.82, 2.24) is 0 Å². The van der Waals surface area contributed by atoms with E-state index in [1.165, 1.54) is 0 Å². The van der Waals surface area contributed by atoms with Crippen LogP contribution in [0.2, 0.25) is 0 Å². The summed E-state index contributed by atoms with van der Waals surface area (Å²) in [6.45, 7) is 3.74. The highest BCUT2D eigenvalue weighted by atomic mass is 79.9. The van der Waals surface area contributed by atoms with Gasteiger partial charge in [-0.3, -0.25) is 0 Å². The molecule has 0 amide bonds. The van der Waals surface area contributed by atoms with E-state index in [1.807, 2.05) is 6.92 Å². The van der Waals surface area contributed by atoms with Gasteiger partial charge >= 0.3 is 0 Å². The van der Waals surface area contributed by atoms with Gasteiger partial charge in [-0.2, -0.15) is 0 Å². The summed E-state index contributed by atoms with van der Waals surface area (Å²) in [5, 5.41) is 8.71. The molecule has 14 heavy (non-hydrogen) atoms. The summed E-state index contributed by atoms with van der Waals surface area (Å²) in [6.07, 6.45) is 1.20. The highest BCUT2D eigenvalue weighted by Crippen LogP contribution is 2.26. The predicted octanol–water partition coefficient (Wildman–Crippen LogP) is 3.13. The van der Waals surface area contributed by atoms with E-state index in [9.17, 15) is 4.39 Å². The van der Waals surface area contributed by atoms with Crippen molar-refractivity contribution in [2.45, 2.75) is 26.7 Å². The normalized spacial score (nSPS) is 10.6. The monoisotopic (exact) mass is 260 g/mol. The van der Waals surface area contributed by atoms with Crippen LogP contribution in [0.3, 0.4) is 0 Å². The molecule has 0 bridgehead atoms. The number of hydrogen-bond donors (Lipinski definition) is 1. The van der Waals surface area contributed by atoms with Crippen molar-refractivity contribution in [3.63, 3.8) is 0 Å². The maximum atomic E-state index is 13.7. The molecule has 0 radical (unpaired) electrons. The maximum Gasteiger partial charge on any atom is 0.129 e. The Balaban J connectivity index is 3.11. The molecule has 1 rings (SSSR count). The number of aryl methyl sites for hydroxylation is 1. The molecule has 0 aliphatic carbocycles. The van der Waals surface area contributed by atoms with E-state index in [-0.39, 0.29) is 12.4 Å². The molecule has 1 aromatic rings. The van der Waals surface area contributed by atoms with Gasteiger partial charge in [-0.15, -0.1) is 0 Å². The van der Waals surface area contributed by atoms with Crippen molar-refractivity contribution in [1.29, 1.82) is 0 Å². The van der Waals surface area contributed by atoms with Crippen molar-refractivity contribution in [2.75, 3.05) is 6.61 Å². The number of halogens is 2. The Bertz CT molecular complexity index is 310. The molecule has 1 nitrogen and oxygen atoms in total. The van der Waals surface area contributed by atoms with Crippen LogP contribution in [-0.4, -0.2) is 11.7 Å². The van der Waals surface area contributed by atoms with Gasteiger partial charge < -0.3 is 5.11 Å². The first-order valence-corrected chi connectivity index (χ1v) is 5.42. The number of hydrogen-bond acceptors (Lipinski definition) is 1. The van der Waals surface area contributed by atoms with Crippen LogP contribution in [-0.2, 0) is 6.42 Å². The third kappa shape index (κ3) is 2.34. The zero-order chi connectivity index (χ0) is 10.7. The summed E-state index contributed by atoms with van der Waals surface area (Å²) < 4.78 is 14.6. The zero-order valence-electron chi connectivity index (χ0n) is 8.40. The first-order valence-electron chi connectivity index (χ1n) is 4.63. The lowest BCUT2D eigenvalue weighted by Crippen LogP contribution is -2.00. The topological polar surface area (TPSA) is 20.2 Å². The van der Waals surface area contributed by atoms with Crippen molar-refractivity contribution < 1.29 is 9.50 Å². The lowest BCUT2D eigenvalue weighted by atomic mass is 10.0. The van der Waals surface area contributed by atoms with Crippen LogP contribution in [0, 0.1) is 19.7 Å². The van der Waals surface area contributed by atoms with E-state index < -0.39 is 0 Å². The van der Waals surface area contributed by atoms with Crippen LogP contribution in [0.5, 0.6) is 0 Å². The molecule has 0 atom stereocenters. The average molecular weight is 261 g/mol. The zero-order valence-corrected chi connectivity index (χ0v) is 9.99. The van der Waals surface area contributed by atoms with Gasteiger partial charge in [0, 0.05) is 11.1 Å². The molecule has 0 aliphatic rings. The highest BCUT2D eigenvalue weighted by molar-refractivity contribution is 9.10. The second-order valence-electron chi connectivity index (χ2n) is 3.42. The molecular formula is C11H14BrFO. The Labute approximate surface area is 92.1 Å². The minimum absolute atomic E-state index is 0.102. The van der Waals surface area contributed by atoms with Crippen LogP contribution in [0.15, 0.2) is 10.5 Å². The number of benzene rings is 1. The van der Waals surface area contributed by atoms with Gasteiger partial charge in [0.1, 0.15) is 5.82 Å².